The first-order valence-corrected chi connectivity index (χ1v) is 5.09. The molecule has 0 aliphatic rings. The number of non-ortho nitro benzene ring substituents is 1. The number of aliphatic imine (C=N–C) groups is 1. The van der Waals surface area contributed by atoms with Crippen molar-refractivity contribution >= 4 is 11.9 Å². The number of nitro benzene ring substituents is 1. The standard InChI is InChI=1S/C11H14N2O3/c14-7-2-1-6-12-9-10-4-3-5-11(8-10)13(15)16/h3-5,8-9,14H,1-2,6-7H2. The molecule has 0 spiro atoms. The fourth-order valence-electron chi connectivity index (χ4n) is 1.20. The van der Waals surface area contributed by atoms with Crippen molar-refractivity contribution in [2.45, 2.75) is 12.8 Å². The molecular weight excluding hydrogens is 208 g/mol. The van der Waals surface area contributed by atoms with Crippen molar-refractivity contribution in [1.29, 1.82) is 0 Å². The van der Waals surface area contributed by atoms with Gasteiger partial charge in [-0.2, -0.15) is 0 Å². The summed E-state index contributed by atoms with van der Waals surface area (Å²) in [4.78, 5) is 14.2. The summed E-state index contributed by atoms with van der Waals surface area (Å²) in [5, 5.41) is 19.1. The van der Waals surface area contributed by atoms with Gasteiger partial charge in [-0.3, -0.25) is 15.1 Å². The van der Waals surface area contributed by atoms with Gasteiger partial charge in [-0.1, -0.05) is 12.1 Å². The smallest absolute Gasteiger partial charge is 0.270 e. The Morgan fingerprint density at radius 3 is 2.94 bits per heavy atom. The Labute approximate surface area is 93.6 Å². The molecule has 5 nitrogen and oxygen atoms in total. The molecule has 0 radical (unpaired) electrons. The van der Waals surface area contributed by atoms with Gasteiger partial charge in [-0.25, -0.2) is 0 Å². The summed E-state index contributed by atoms with van der Waals surface area (Å²) in [6.45, 7) is 0.801. The number of aliphatic hydroxyl groups excluding tert-OH is 1. The average Bonchev–Trinajstić information content (AvgIpc) is 2.29. The van der Waals surface area contributed by atoms with Gasteiger partial charge >= 0.3 is 0 Å². The Morgan fingerprint density at radius 2 is 2.25 bits per heavy atom. The molecule has 0 aromatic heterocycles. The number of nitrogens with zero attached hydrogens (tertiary/aromatic N) is 2. The van der Waals surface area contributed by atoms with Crippen LogP contribution in [0.1, 0.15) is 18.4 Å². The number of aliphatic hydroxyl groups is 1. The van der Waals surface area contributed by atoms with Crippen molar-refractivity contribution < 1.29 is 10.0 Å². The molecule has 1 aromatic rings. The molecule has 1 N–H and O–H groups in total. The molecule has 0 aliphatic carbocycles. The lowest BCUT2D eigenvalue weighted by atomic mass is 10.2. The Kier molecular flexibility index (Phi) is 5.15. The van der Waals surface area contributed by atoms with Gasteiger partial charge in [-0.15, -0.1) is 0 Å². The van der Waals surface area contributed by atoms with E-state index in [1.165, 1.54) is 12.1 Å². The molecule has 16 heavy (non-hydrogen) atoms. The van der Waals surface area contributed by atoms with Gasteiger partial charge in [-0.05, 0) is 18.4 Å². The van der Waals surface area contributed by atoms with Crippen molar-refractivity contribution in [3.8, 4) is 0 Å². The zero-order chi connectivity index (χ0) is 11.8. The van der Waals surface area contributed by atoms with Gasteiger partial charge in [0.2, 0.25) is 0 Å². The predicted molar refractivity (Wildman–Crippen MR) is 61.9 cm³/mol. The van der Waals surface area contributed by atoms with Gasteiger partial charge in [0.15, 0.2) is 0 Å². The summed E-state index contributed by atoms with van der Waals surface area (Å²) >= 11 is 0. The second-order valence-electron chi connectivity index (χ2n) is 3.32. The molecular formula is C11H14N2O3. The third kappa shape index (κ3) is 4.18. The molecule has 86 valence electrons. The first kappa shape index (κ1) is 12.3. The highest BCUT2D eigenvalue weighted by atomic mass is 16.6. The fourth-order valence-corrected chi connectivity index (χ4v) is 1.20. The summed E-state index contributed by atoms with van der Waals surface area (Å²) in [6, 6.07) is 6.33. The van der Waals surface area contributed by atoms with Gasteiger partial charge in [0.25, 0.3) is 5.69 Å². The Bertz CT molecular complexity index is 377. The molecule has 0 bridgehead atoms. The quantitative estimate of drug-likeness (QED) is 0.345. The van der Waals surface area contributed by atoms with Crippen LogP contribution in [0.15, 0.2) is 29.3 Å². The van der Waals surface area contributed by atoms with E-state index < -0.39 is 4.92 Å². The van der Waals surface area contributed by atoms with Crippen LogP contribution >= 0.6 is 0 Å². The SMILES string of the molecule is O=[N+]([O-])c1cccc(C=NCCCCO)c1. The van der Waals surface area contributed by atoms with Crippen LogP contribution in [0.25, 0.3) is 0 Å². The summed E-state index contributed by atoms with van der Waals surface area (Å²) in [5.41, 5.74) is 0.789. The maximum Gasteiger partial charge on any atom is 0.270 e. The number of rotatable bonds is 6. The second kappa shape index (κ2) is 6.68. The number of unbranched alkanes of at least 4 members (excludes halogenated alkanes) is 1. The highest BCUT2D eigenvalue weighted by Gasteiger charge is 2.03. The number of nitro groups is 1. The third-order valence-electron chi connectivity index (χ3n) is 2.02. The van der Waals surface area contributed by atoms with Crippen LogP contribution in [0.3, 0.4) is 0 Å². The summed E-state index contributed by atoms with van der Waals surface area (Å²) < 4.78 is 0. The fraction of sp³-hybridized carbons (Fsp3) is 0.364. The van der Waals surface area contributed by atoms with E-state index >= 15 is 0 Å². The molecule has 0 fully saturated rings. The second-order valence-corrected chi connectivity index (χ2v) is 3.32. The lowest BCUT2D eigenvalue weighted by Crippen LogP contribution is -1.91. The molecule has 5 heteroatoms. The zero-order valence-electron chi connectivity index (χ0n) is 8.87. The van der Waals surface area contributed by atoms with Crippen LogP contribution in [-0.4, -0.2) is 29.4 Å². The third-order valence-corrected chi connectivity index (χ3v) is 2.02. The van der Waals surface area contributed by atoms with E-state index in [4.69, 9.17) is 5.11 Å². The van der Waals surface area contributed by atoms with Gasteiger partial charge in [0.05, 0.1) is 4.92 Å². The maximum atomic E-state index is 10.5. The normalized spacial score (nSPS) is 10.8. The molecule has 0 aliphatic heterocycles. The van der Waals surface area contributed by atoms with Crippen molar-refractivity contribution in [3.05, 3.63) is 39.9 Å². The molecule has 0 saturated carbocycles. The topological polar surface area (TPSA) is 75.7 Å². The number of hydrogen-bond acceptors (Lipinski definition) is 4. The summed E-state index contributed by atoms with van der Waals surface area (Å²) in [6.07, 6.45) is 3.17. The minimum Gasteiger partial charge on any atom is -0.396 e. The van der Waals surface area contributed by atoms with Gasteiger partial charge < -0.3 is 5.11 Å². The Hall–Kier alpha value is -1.75. The molecule has 1 rings (SSSR count). The Balaban J connectivity index is 2.53. The molecule has 0 saturated heterocycles. The van der Waals surface area contributed by atoms with Crippen LogP contribution in [0.4, 0.5) is 5.69 Å². The van der Waals surface area contributed by atoms with Crippen LogP contribution in [0, 0.1) is 10.1 Å². The largest absolute Gasteiger partial charge is 0.396 e. The van der Waals surface area contributed by atoms with Crippen LogP contribution in [-0.2, 0) is 0 Å². The van der Waals surface area contributed by atoms with E-state index in [1.807, 2.05) is 0 Å². The van der Waals surface area contributed by atoms with Gasteiger partial charge in [0.1, 0.15) is 0 Å². The first-order chi connectivity index (χ1) is 7.74. The number of hydrogen-bond donors (Lipinski definition) is 1. The summed E-state index contributed by atoms with van der Waals surface area (Å²) in [5.74, 6) is 0. The predicted octanol–water partition coefficient (Wildman–Crippen LogP) is 1.79. The van der Waals surface area contributed by atoms with E-state index in [0.29, 0.717) is 6.54 Å². The van der Waals surface area contributed by atoms with E-state index in [1.54, 1.807) is 18.3 Å². The minimum absolute atomic E-state index is 0.0688. The van der Waals surface area contributed by atoms with Crippen molar-refractivity contribution in [3.63, 3.8) is 0 Å². The van der Waals surface area contributed by atoms with E-state index in [0.717, 1.165) is 18.4 Å². The monoisotopic (exact) mass is 222 g/mol. The van der Waals surface area contributed by atoms with Crippen molar-refractivity contribution in [1.82, 2.24) is 0 Å². The zero-order valence-corrected chi connectivity index (χ0v) is 8.87. The maximum absolute atomic E-state index is 10.5. The van der Waals surface area contributed by atoms with Crippen molar-refractivity contribution in [2.24, 2.45) is 4.99 Å². The number of benzene rings is 1. The van der Waals surface area contributed by atoms with Crippen molar-refractivity contribution in [2.75, 3.05) is 13.2 Å². The molecule has 0 amide bonds. The summed E-state index contributed by atoms with van der Waals surface area (Å²) in [7, 11) is 0. The lowest BCUT2D eigenvalue weighted by Gasteiger charge is -1.94. The molecule has 1 aromatic carbocycles. The molecule has 0 heterocycles. The molecule has 0 atom stereocenters. The van der Waals surface area contributed by atoms with E-state index in [9.17, 15) is 10.1 Å². The minimum atomic E-state index is -0.427. The first-order valence-electron chi connectivity index (χ1n) is 5.09. The highest BCUT2D eigenvalue weighted by Crippen LogP contribution is 2.11. The average molecular weight is 222 g/mol. The Morgan fingerprint density at radius 1 is 1.44 bits per heavy atom. The van der Waals surface area contributed by atoms with Crippen LogP contribution in [0.5, 0.6) is 0 Å². The van der Waals surface area contributed by atoms with E-state index in [2.05, 4.69) is 4.99 Å². The van der Waals surface area contributed by atoms with E-state index in [-0.39, 0.29) is 12.3 Å². The molecule has 0 unspecified atom stereocenters. The van der Waals surface area contributed by atoms with Gasteiger partial charge in [0, 0.05) is 31.5 Å². The van der Waals surface area contributed by atoms with Crippen LogP contribution in [0.2, 0.25) is 0 Å². The highest BCUT2D eigenvalue weighted by molar-refractivity contribution is 5.80. The lowest BCUT2D eigenvalue weighted by molar-refractivity contribution is -0.384. The van der Waals surface area contributed by atoms with Crippen LogP contribution < -0.4 is 0 Å².